The molecule has 0 bridgehead atoms. The molecule has 0 aromatic carbocycles. The summed E-state index contributed by atoms with van der Waals surface area (Å²) in [6.07, 6.45) is 8.40. The maximum atomic E-state index is 11.8. The number of sulfonamides is 1. The lowest BCUT2D eigenvalue weighted by atomic mass is 9.99. The Labute approximate surface area is 174 Å². The number of hydrogen-bond donors (Lipinski definition) is 1. The molecule has 0 aliphatic heterocycles. The molecular formula is C20H21N5O2S2. The molecule has 1 aliphatic rings. The summed E-state index contributed by atoms with van der Waals surface area (Å²) in [4.78, 5) is 14.7. The fourth-order valence-corrected chi connectivity index (χ4v) is 4.41. The van der Waals surface area contributed by atoms with E-state index in [9.17, 15) is 8.42 Å². The topological polar surface area (TPSA) is 88.1 Å². The Morgan fingerprint density at radius 3 is 2.76 bits per heavy atom. The molecule has 0 spiro atoms. The zero-order chi connectivity index (χ0) is 20.6. The van der Waals surface area contributed by atoms with E-state index in [1.165, 1.54) is 7.05 Å². The number of hydrogen-bond acceptors (Lipinski definition) is 7. The van der Waals surface area contributed by atoms with E-state index in [1.54, 1.807) is 23.7 Å². The van der Waals surface area contributed by atoms with Crippen LogP contribution < -0.4 is 5.43 Å². The van der Waals surface area contributed by atoms with Crippen molar-refractivity contribution in [2.75, 3.05) is 13.3 Å². The number of nitrogens with zero attached hydrogens (tertiary/aromatic N) is 4. The lowest BCUT2D eigenvalue weighted by molar-refractivity contribution is 0.433. The Bertz CT molecular complexity index is 1190. The van der Waals surface area contributed by atoms with Gasteiger partial charge >= 0.3 is 0 Å². The lowest BCUT2D eigenvalue weighted by Crippen LogP contribution is -2.38. The van der Waals surface area contributed by atoms with Crippen LogP contribution in [0.2, 0.25) is 0 Å². The van der Waals surface area contributed by atoms with Crippen molar-refractivity contribution >= 4 is 27.1 Å². The predicted molar refractivity (Wildman–Crippen MR) is 115 cm³/mol. The second-order valence-electron chi connectivity index (χ2n) is 6.88. The van der Waals surface area contributed by atoms with Gasteiger partial charge in [-0.2, -0.15) is 0 Å². The first kappa shape index (κ1) is 19.7. The third kappa shape index (κ3) is 4.07. The summed E-state index contributed by atoms with van der Waals surface area (Å²) >= 11 is 1.58. The second kappa shape index (κ2) is 7.66. The van der Waals surface area contributed by atoms with Crippen LogP contribution in [-0.2, 0) is 16.4 Å². The van der Waals surface area contributed by atoms with Gasteiger partial charge < -0.3 is 5.43 Å². The number of pyridine rings is 2. The lowest BCUT2D eigenvalue weighted by Gasteiger charge is -2.23. The number of fused-ring (bicyclic) bond motifs is 1. The van der Waals surface area contributed by atoms with Crippen LogP contribution >= 0.6 is 11.3 Å². The summed E-state index contributed by atoms with van der Waals surface area (Å²) in [6.45, 7) is 1.97. The predicted octanol–water partition coefficient (Wildman–Crippen LogP) is 3.26. The number of nitrogens with one attached hydrogen (secondary N) is 1. The van der Waals surface area contributed by atoms with E-state index in [0.717, 1.165) is 61.6 Å². The molecule has 0 atom stereocenters. The third-order valence-electron chi connectivity index (χ3n) is 4.71. The van der Waals surface area contributed by atoms with Gasteiger partial charge in [0.2, 0.25) is 10.0 Å². The largest absolute Gasteiger partial charge is 0.304 e. The minimum absolute atomic E-state index is 0.704. The minimum atomic E-state index is -3.36. The van der Waals surface area contributed by atoms with Crippen molar-refractivity contribution in [3.63, 3.8) is 0 Å². The van der Waals surface area contributed by atoms with E-state index in [4.69, 9.17) is 4.98 Å². The molecule has 29 heavy (non-hydrogen) atoms. The summed E-state index contributed by atoms with van der Waals surface area (Å²) in [5.74, 6) is 0. The average molecular weight is 428 g/mol. The molecule has 0 unspecified atom stereocenters. The molecule has 150 valence electrons. The molecule has 0 saturated carbocycles. The van der Waals surface area contributed by atoms with E-state index in [2.05, 4.69) is 21.5 Å². The van der Waals surface area contributed by atoms with Crippen molar-refractivity contribution in [2.24, 2.45) is 0 Å². The van der Waals surface area contributed by atoms with Crippen molar-refractivity contribution in [3.05, 3.63) is 59.7 Å². The van der Waals surface area contributed by atoms with Crippen LogP contribution in [0.3, 0.4) is 0 Å². The van der Waals surface area contributed by atoms with Gasteiger partial charge in [0.15, 0.2) is 0 Å². The van der Waals surface area contributed by atoms with Gasteiger partial charge in [-0.25, -0.2) is 18.4 Å². The van der Waals surface area contributed by atoms with Crippen LogP contribution in [0, 0.1) is 6.92 Å². The Morgan fingerprint density at radius 1 is 1.21 bits per heavy atom. The number of allylic oxidation sites excluding steroid dienone is 1. The molecule has 1 N–H and O–H groups in total. The van der Waals surface area contributed by atoms with Gasteiger partial charge in [-0.3, -0.25) is 4.98 Å². The molecule has 0 fully saturated rings. The van der Waals surface area contributed by atoms with Crippen LogP contribution in [0.15, 0.2) is 42.7 Å². The van der Waals surface area contributed by atoms with Crippen LogP contribution in [0.5, 0.6) is 0 Å². The fraction of sp³-hybridized carbons (Fsp3) is 0.250. The molecule has 3 heterocycles. The van der Waals surface area contributed by atoms with Crippen molar-refractivity contribution in [3.8, 4) is 21.1 Å². The maximum Gasteiger partial charge on any atom is 0.227 e. The Kier molecular flexibility index (Phi) is 5.20. The van der Waals surface area contributed by atoms with Gasteiger partial charge in [-0.1, -0.05) is 12.1 Å². The first-order valence-corrected chi connectivity index (χ1v) is 11.8. The number of rotatable bonds is 5. The summed E-state index contributed by atoms with van der Waals surface area (Å²) in [6, 6.07) is 7.95. The standard InChI is InChI=1S/C20H21N5O2S2/c1-13-19(28-20(22-13)15-7-5-11-21-12-15)17-10-9-14-6-4-8-16(18(14)23-17)24-25(2)29(3,26)27/h5,7-12,24H,4,6H2,1-3H3. The fourth-order valence-electron chi connectivity index (χ4n) is 3.12. The second-order valence-corrected chi connectivity index (χ2v) is 9.89. The monoisotopic (exact) mass is 427 g/mol. The molecule has 3 aromatic heterocycles. The van der Waals surface area contributed by atoms with Gasteiger partial charge in [0.25, 0.3) is 0 Å². The third-order valence-corrected chi connectivity index (χ3v) is 7.02. The number of hydrazine groups is 1. The maximum absolute atomic E-state index is 11.8. The molecule has 4 rings (SSSR count). The quantitative estimate of drug-likeness (QED) is 0.629. The highest BCUT2D eigenvalue weighted by molar-refractivity contribution is 7.88. The highest BCUT2D eigenvalue weighted by Gasteiger charge is 2.21. The summed E-state index contributed by atoms with van der Waals surface area (Å²) in [5, 5.41) is 0.899. The van der Waals surface area contributed by atoms with Crippen LogP contribution in [0.4, 0.5) is 0 Å². The molecule has 3 aromatic rings. The zero-order valence-corrected chi connectivity index (χ0v) is 18.0. The minimum Gasteiger partial charge on any atom is -0.304 e. The van der Waals surface area contributed by atoms with Crippen LogP contribution in [0.25, 0.3) is 26.8 Å². The van der Waals surface area contributed by atoms with Crippen molar-refractivity contribution < 1.29 is 8.42 Å². The van der Waals surface area contributed by atoms with Crippen molar-refractivity contribution in [1.82, 2.24) is 24.8 Å². The van der Waals surface area contributed by atoms with E-state index in [0.29, 0.717) is 5.70 Å². The average Bonchev–Trinajstić information content (AvgIpc) is 3.09. The van der Waals surface area contributed by atoms with Gasteiger partial charge in [0.05, 0.1) is 33.9 Å². The van der Waals surface area contributed by atoms with E-state index in [1.807, 2.05) is 31.2 Å². The van der Waals surface area contributed by atoms with E-state index in [-0.39, 0.29) is 0 Å². The summed E-state index contributed by atoms with van der Waals surface area (Å²) in [5.41, 5.74) is 8.24. The molecule has 0 saturated heterocycles. The molecule has 0 radical (unpaired) electrons. The summed E-state index contributed by atoms with van der Waals surface area (Å²) in [7, 11) is -1.87. The highest BCUT2D eigenvalue weighted by Crippen LogP contribution is 2.35. The SMILES string of the molecule is Cc1nc(-c2cccnc2)sc1-c1ccc2c(n1)C(NN(C)S(C)(=O)=O)=CCC2. The van der Waals surface area contributed by atoms with E-state index >= 15 is 0 Å². The summed E-state index contributed by atoms with van der Waals surface area (Å²) < 4.78 is 24.7. The number of aryl methyl sites for hydroxylation is 2. The van der Waals surface area contributed by atoms with Gasteiger partial charge in [-0.05, 0) is 43.5 Å². The smallest absolute Gasteiger partial charge is 0.227 e. The molecule has 7 nitrogen and oxygen atoms in total. The molecular weight excluding hydrogens is 406 g/mol. The van der Waals surface area contributed by atoms with E-state index < -0.39 is 10.0 Å². The molecule has 1 aliphatic carbocycles. The first-order valence-electron chi connectivity index (χ1n) is 9.12. The Hall–Kier alpha value is -2.62. The van der Waals surface area contributed by atoms with Crippen molar-refractivity contribution in [2.45, 2.75) is 19.8 Å². The van der Waals surface area contributed by atoms with Gasteiger partial charge in [0, 0.05) is 25.0 Å². The Balaban J connectivity index is 1.71. The van der Waals surface area contributed by atoms with Crippen LogP contribution in [-0.4, -0.2) is 41.1 Å². The zero-order valence-electron chi connectivity index (χ0n) is 16.4. The van der Waals surface area contributed by atoms with Crippen molar-refractivity contribution in [1.29, 1.82) is 0 Å². The number of thiazole rings is 1. The van der Waals surface area contributed by atoms with Gasteiger partial charge in [-0.15, -0.1) is 15.8 Å². The molecule has 0 amide bonds. The number of aromatic nitrogens is 3. The molecule has 9 heteroatoms. The highest BCUT2D eigenvalue weighted by atomic mass is 32.2. The Morgan fingerprint density at radius 2 is 2.03 bits per heavy atom. The first-order chi connectivity index (χ1) is 13.8. The van der Waals surface area contributed by atoms with Crippen LogP contribution in [0.1, 0.15) is 23.4 Å². The van der Waals surface area contributed by atoms with Gasteiger partial charge in [0.1, 0.15) is 5.01 Å². The normalized spacial score (nSPS) is 13.9.